The van der Waals surface area contributed by atoms with E-state index < -0.39 is 0 Å². The van der Waals surface area contributed by atoms with E-state index in [-0.39, 0.29) is 32.4 Å². The molecule has 0 bridgehead atoms. The van der Waals surface area contributed by atoms with E-state index >= 15 is 0 Å². The zero-order valence-electron chi connectivity index (χ0n) is 21.1. The Morgan fingerprint density at radius 1 is 0.838 bits per heavy atom. The fourth-order valence-corrected chi connectivity index (χ4v) is 4.95. The quantitative estimate of drug-likeness (QED) is 0.195. The first-order valence-corrected chi connectivity index (χ1v) is 12.1. The molecule has 6 rings (SSSR count). The van der Waals surface area contributed by atoms with Crippen LogP contribution in [-0.4, -0.2) is 20.6 Å². The summed E-state index contributed by atoms with van der Waals surface area (Å²) in [6.07, 6.45) is 1.85. The van der Waals surface area contributed by atoms with Crippen molar-refractivity contribution < 1.29 is 26.2 Å². The van der Waals surface area contributed by atoms with Crippen molar-refractivity contribution in [2.75, 3.05) is 9.80 Å². The fraction of sp³-hybridized carbons (Fsp3) is 0.161. The largest absolute Gasteiger partial charge is 0.506 e. The van der Waals surface area contributed by atoms with Gasteiger partial charge in [0.05, 0.1) is 11.4 Å². The first-order valence-electron chi connectivity index (χ1n) is 12.1. The van der Waals surface area contributed by atoms with Crippen LogP contribution in [0.15, 0.2) is 85.1 Å². The molecular weight excluding hydrogens is 639 g/mol. The molecule has 0 aliphatic carbocycles. The summed E-state index contributed by atoms with van der Waals surface area (Å²) in [5.74, 6) is 1.01. The average Bonchev–Trinajstić information content (AvgIpc) is 2.86. The van der Waals surface area contributed by atoms with Gasteiger partial charge in [0.1, 0.15) is 17.1 Å². The second-order valence-electron chi connectivity index (χ2n) is 10.2. The number of aromatic hydroxyl groups is 1. The normalized spacial score (nSPS) is 12.6. The van der Waals surface area contributed by atoms with Crippen LogP contribution in [0.4, 0.5) is 28.6 Å². The molecule has 37 heavy (non-hydrogen) atoms. The smallest absolute Gasteiger partial charge is 0.140 e. The van der Waals surface area contributed by atoms with Crippen molar-refractivity contribution >= 4 is 39.5 Å². The number of anilines is 5. The molecule has 3 heterocycles. The Bertz CT molecular complexity index is 1630. The first kappa shape index (κ1) is 25.0. The van der Waals surface area contributed by atoms with Crippen LogP contribution in [0.25, 0.3) is 22.2 Å². The third-order valence-electron chi connectivity index (χ3n) is 6.51. The second kappa shape index (κ2) is 9.31. The zero-order chi connectivity index (χ0) is 25.0. The zero-order valence-corrected chi connectivity index (χ0v) is 23.4. The minimum absolute atomic E-state index is 0. The van der Waals surface area contributed by atoms with E-state index in [1.165, 1.54) is 0 Å². The van der Waals surface area contributed by atoms with Gasteiger partial charge in [0.15, 0.2) is 0 Å². The van der Waals surface area contributed by atoms with Gasteiger partial charge >= 0.3 is 0 Å². The average molecular weight is 667 g/mol. The van der Waals surface area contributed by atoms with E-state index in [0.717, 1.165) is 50.8 Å². The maximum Gasteiger partial charge on any atom is 0.140 e. The second-order valence-corrected chi connectivity index (χ2v) is 10.2. The summed E-state index contributed by atoms with van der Waals surface area (Å²) in [5.41, 5.74) is 7.30. The summed E-state index contributed by atoms with van der Waals surface area (Å²) in [7, 11) is 0. The van der Waals surface area contributed by atoms with Gasteiger partial charge in [0, 0.05) is 38.2 Å². The predicted octanol–water partition coefficient (Wildman–Crippen LogP) is 7.83. The first-order chi connectivity index (χ1) is 17.3. The number of para-hydroxylation sites is 3. The molecule has 0 saturated heterocycles. The number of aryl methyl sites for hydroxylation is 1. The number of pyridine rings is 2. The molecule has 1 aliphatic heterocycles. The van der Waals surface area contributed by atoms with Gasteiger partial charge in [-0.05, 0) is 80.7 Å². The van der Waals surface area contributed by atoms with Gasteiger partial charge in [-0.2, -0.15) is 0 Å². The number of benzene rings is 3. The minimum Gasteiger partial charge on any atom is -0.506 e. The molecule has 0 radical (unpaired) electrons. The number of aromatic nitrogens is 2. The van der Waals surface area contributed by atoms with Crippen molar-refractivity contribution in [3.8, 4) is 17.0 Å². The third kappa shape index (κ3) is 4.28. The van der Waals surface area contributed by atoms with E-state index in [1.54, 1.807) is 6.07 Å². The Balaban J connectivity index is 0.00000280. The van der Waals surface area contributed by atoms with Gasteiger partial charge in [-0.3, -0.25) is 4.98 Å². The number of phenolic OH excluding ortho intramolecular Hbond substituents is 1. The van der Waals surface area contributed by atoms with Gasteiger partial charge in [-0.1, -0.05) is 36.4 Å². The van der Waals surface area contributed by atoms with Gasteiger partial charge in [0.25, 0.3) is 0 Å². The van der Waals surface area contributed by atoms with Crippen molar-refractivity contribution in [2.45, 2.75) is 33.2 Å². The topological polar surface area (TPSA) is 52.5 Å². The summed E-state index contributed by atoms with van der Waals surface area (Å²) in [4.78, 5) is 14.1. The van der Waals surface area contributed by atoms with Crippen molar-refractivity contribution in [1.29, 1.82) is 0 Å². The van der Waals surface area contributed by atoms with Crippen LogP contribution in [0.5, 0.6) is 5.75 Å². The van der Waals surface area contributed by atoms with Crippen LogP contribution in [0, 0.1) is 13.0 Å². The van der Waals surface area contributed by atoms with E-state index in [2.05, 4.69) is 86.0 Å². The van der Waals surface area contributed by atoms with Gasteiger partial charge < -0.3 is 14.9 Å². The number of phenols is 1. The van der Waals surface area contributed by atoms with Crippen molar-refractivity contribution in [2.24, 2.45) is 0 Å². The van der Waals surface area contributed by atoms with Gasteiger partial charge in [-0.15, -0.1) is 23.8 Å². The summed E-state index contributed by atoms with van der Waals surface area (Å²) in [6, 6.07) is 29.8. The molecule has 0 amide bonds. The van der Waals surface area contributed by atoms with Gasteiger partial charge in [-0.25, -0.2) is 4.98 Å². The molecule has 5 nitrogen and oxygen atoms in total. The SMILES string of the molecule is Cc1ccnc(N2c3[c-]c(-c4ccc5cccc(O)c5n4)ccc3N(C(C)(C)C)c3ccccc32)c1.[Pt]. The standard InChI is InChI=1S/C31H27N4O.Pt/c1-20-16-17-32-29(18-20)34-24-9-5-6-10-25(24)35(31(2,3)4)26-15-13-22(19-27(26)34)23-14-12-21-8-7-11-28(36)30(21)33-23;/h5-18,36H,1-4H3;/q-1;. The van der Waals surface area contributed by atoms with Crippen LogP contribution in [0.1, 0.15) is 26.3 Å². The molecule has 0 fully saturated rings. The van der Waals surface area contributed by atoms with Crippen molar-refractivity contribution in [1.82, 2.24) is 9.97 Å². The maximum absolute atomic E-state index is 10.4. The molecule has 3 aromatic carbocycles. The van der Waals surface area contributed by atoms with E-state index in [9.17, 15) is 5.11 Å². The maximum atomic E-state index is 10.4. The van der Waals surface area contributed by atoms with Crippen LogP contribution in [0.3, 0.4) is 0 Å². The Morgan fingerprint density at radius 2 is 1.62 bits per heavy atom. The minimum atomic E-state index is -0.167. The molecular formula is C31H27N4OPt-. The van der Waals surface area contributed by atoms with Crippen molar-refractivity contribution in [3.05, 3.63) is 96.7 Å². The Hall–Kier alpha value is -3.69. The van der Waals surface area contributed by atoms with Crippen LogP contribution in [0.2, 0.25) is 0 Å². The monoisotopic (exact) mass is 666 g/mol. The summed E-state index contributed by atoms with van der Waals surface area (Å²) in [5, 5.41) is 11.3. The number of rotatable bonds is 2. The van der Waals surface area contributed by atoms with Gasteiger partial charge in [0.2, 0.25) is 0 Å². The molecule has 5 aromatic rings. The van der Waals surface area contributed by atoms with E-state index in [4.69, 9.17) is 9.97 Å². The molecule has 0 atom stereocenters. The Labute approximate surface area is 231 Å². The number of fused-ring (bicyclic) bond motifs is 3. The molecule has 1 aliphatic rings. The van der Waals surface area contributed by atoms with Crippen LogP contribution >= 0.6 is 0 Å². The fourth-order valence-electron chi connectivity index (χ4n) is 4.95. The summed E-state index contributed by atoms with van der Waals surface area (Å²) >= 11 is 0. The van der Waals surface area contributed by atoms with Crippen LogP contribution < -0.4 is 9.80 Å². The predicted molar refractivity (Wildman–Crippen MR) is 147 cm³/mol. The number of nitrogens with zero attached hydrogens (tertiary/aromatic N) is 4. The Kier molecular flexibility index (Phi) is 6.29. The molecule has 188 valence electrons. The Morgan fingerprint density at radius 3 is 2.38 bits per heavy atom. The number of hydrogen-bond acceptors (Lipinski definition) is 5. The van der Waals surface area contributed by atoms with E-state index in [1.807, 2.05) is 36.5 Å². The molecule has 1 N–H and O–H groups in total. The molecule has 0 saturated carbocycles. The van der Waals surface area contributed by atoms with E-state index in [0.29, 0.717) is 5.52 Å². The molecule has 0 unspecified atom stereocenters. The molecule has 2 aromatic heterocycles. The summed E-state index contributed by atoms with van der Waals surface area (Å²) in [6.45, 7) is 8.73. The van der Waals surface area contributed by atoms with Crippen LogP contribution in [-0.2, 0) is 21.1 Å². The number of hydrogen-bond donors (Lipinski definition) is 1. The van der Waals surface area contributed by atoms with Crippen molar-refractivity contribution in [3.63, 3.8) is 0 Å². The molecule has 6 heteroatoms. The summed E-state index contributed by atoms with van der Waals surface area (Å²) < 4.78 is 0. The third-order valence-corrected chi connectivity index (χ3v) is 6.51. The molecule has 0 spiro atoms.